The fourth-order valence-electron chi connectivity index (χ4n) is 14.1. The van der Waals surface area contributed by atoms with Crippen molar-refractivity contribution in [2.75, 3.05) is 154 Å². The molecule has 6 aliphatic rings. The molecule has 100 heavy (non-hydrogen) atoms. The van der Waals surface area contributed by atoms with Crippen LogP contribution < -0.4 is 10.6 Å². The largest absolute Gasteiger partial charge is 0.394 e. The number of aliphatic hydroxyl groups is 1. The minimum absolute atomic E-state index is 0.0126. The summed E-state index contributed by atoms with van der Waals surface area (Å²) >= 11 is 0. The minimum Gasteiger partial charge on any atom is -0.394 e. The summed E-state index contributed by atoms with van der Waals surface area (Å²) in [6.45, 7) is 3.77. The Kier molecular flexibility index (Phi) is 32.3. The normalized spacial score (nSPS) is 39.6. The van der Waals surface area contributed by atoms with Gasteiger partial charge < -0.3 is 144 Å². The quantitative estimate of drug-likeness (QED) is 0.0613. The van der Waals surface area contributed by atoms with E-state index in [1.807, 2.05) is 0 Å². The highest BCUT2D eigenvalue weighted by atomic mass is 16.8. The summed E-state index contributed by atoms with van der Waals surface area (Å²) in [4.78, 5) is 28.0. The third-order valence-electron chi connectivity index (χ3n) is 19.0. The fourth-order valence-corrected chi connectivity index (χ4v) is 14.1. The Labute approximate surface area is 581 Å². The van der Waals surface area contributed by atoms with Crippen LogP contribution in [-0.4, -0.2) is 385 Å². The highest BCUT2D eigenvalue weighted by molar-refractivity contribution is 5.92. The van der Waals surface area contributed by atoms with Gasteiger partial charge in [-0.2, -0.15) is 0 Å². The van der Waals surface area contributed by atoms with Crippen molar-refractivity contribution in [2.45, 2.75) is 211 Å². The van der Waals surface area contributed by atoms with Gasteiger partial charge in [0.2, 0.25) is 0 Å². The Bertz CT molecular complexity index is 2540. The zero-order valence-corrected chi connectivity index (χ0v) is 60.4. The first-order chi connectivity index (χ1) is 48.4. The molecule has 2 aromatic rings. The molecule has 38 nitrogen and oxygen atoms in total. The Morgan fingerprint density at radius 1 is 0.360 bits per heavy atom. The molecule has 0 bridgehead atoms. The Morgan fingerprint density at radius 3 is 0.940 bits per heavy atom. The Hall–Kier alpha value is -3.90. The van der Waals surface area contributed by atoms with E-state index in [2.05, 4.69) is 31.3 Å². The minimum atomic E-state index is -1.12. The predicted molar refractivity (Wildman–Crippen MR) is 337 cm³/mol. The molecule has 6 aliphatic heterocycles. The van der Waals surface area contributed by atoms with Crippen LogP contribution in [0.25, 0.3) is 0 Å². The van der Waals surface area contributed by atoms with Crippen molar-refractivity contribution in [3.8, 4) is 0 Å². The van der Waals surface area contributed by atoms with Gasteiger partial charge in [-0.3, -0.25) is 9.59 Å². The molecule has 8 rings (SSSR count). The maximum atomic E-state index is 14.0. The summed E-state index contributed by atoms with van der Waals surface area (Å²) in [7, 11) is 25.6. The summed E-state index contributed by atoms with van der Waals surface area (Å²) in [5, 5.41) is 32.8. The topological polar surface area (TPSA) is 389 Å². The lowest BCUT2D eigenvalue weighted by molar-refractivity contribution is -0.381. The summed E-state index contributed by atoms with van der Waals surface area (Å²) in [6, 6.07) is -1.59. The number of hydrogen-bond donors (Lipinski definition) is 3. The van der Waals surface area contributed by atoms with Crippen LogP contribution in [0.1, 0.15) is 34.8 Å². The van der Waals surface area contributed by atoms with Gasteiger partial charge in [-0.15, -0.1) is 10.2 Å². The number of nitrogens with zero attached hydrogens (tertiary/aromatic N) is 6. The van der Waals surface area contributed by atoms with Crippen molar-refractivity contribution in [1.82, 2.24) is 40.6 Å². The van der Waals surface area contributed by atoms with Crippen LogP contribution in [0.15, 0.2) is 12.4 Å². The second kappa shape index (κ2) is 39.5. The first-order valence-corrected chi connectivity index (χ1v) is 32.8. The number of aromatic nitrogens is 6. The number of rotatable bonds is 37. The van der Waals surface area contributed by atoms with Crippen molar-refractivity contribution in [2.24, 2.45) is 0 Å². The van der Waals surface area contributed by atoms with E-state index >= 15 is 0 Å². The standard InChI is InChI=1S/C62H106N8O30/c1-29-38(45(79-8)51(85-14)59(91-29)97-43-36(27-76-5)95-61(54(88-17)49(43)83-12)99-41-34(25-74-3)93-33(24-71)40(78-7)47(41)81-10)63-56(72)31-22-69(67-65-31)20-21-70-23-32(66-68-70)57(73)64-39-30(2)92-60(52(86-15)46(39)80-9)98-44-37(28-77-6)96-62(55(89-18)50(44)84-13)100-42-35(26-75-4)94-58(90-19)53(87-16)48(42)82-11/h22-23,29-30,33-55,58-62,71H,20-21,24-28H2,1-19H3,(H,63,72)(H,64,73). The van der Waals surface area contributed by atoms with Gasteiger partial charge in [-0.05, 0) is 13.8 Å². The van der Waals surface area contributed by atoms with E-state index in [1.165, 1.54) is 136 Å². The highest BCUT2D eigenvalue weighted by Gasteiger charge is 2.59. The molecule has 8 heterocycles. The van der Waals surface area contributed by atoms with Gasteiger partial charge in [0.1, 0.15) is 128 Å². The van der Waals surface area contributed by atoms with E-state index in [-0.39, 0.29) is 57.5 Å². The SMILES string of the molecule is COCC1OC(CO)C(OC)C(OC)C1OC1OC(COC)C(OC2OC(C)C(NC(=O)c3cn(CCn4cc(C(=O)NC5C(C)OC(OC6C(COC)OC(OC7C(COC)OC(OC)C(OC)C7OC)C(OC)C6OC)C(OC)C5OC)nn4)nn3)C(OC)C2OC)C(OC)C1OC. The molecular formula is C62H106N8O30. The summed E-state index contributed by atoms with van der Waals surface area (Å²) in [5.41, 5.74) is -0.0275. The molecule has 2 amide bonds. The van der Waals surface area contributed by atoms with E-state index in [4.69, 9.17) is 128 Å². The van der Waals surface area contributed by atoms with Crippen LogP contribution in [0.4, 0.5) is 0 Å². The third kappa shape index (κ3) is 18.3. The first kappa shape index (κ1) is 81.8. The fraction of sp³-hybridized carbons (Fsp3) is 0.903. The zero-order chi connectivity index (χ0) is 72.5. The second-order valence-electron chi connectivity index (χ2n) is 24.5. The van der Waals surface area contributed by atoms with Gasteiger partial charge in [-0.25, -0.2) is 9.36 Å². The number of carbonyl (C=O) groups is 2. The average molecular weight is 1440 g/mol. The van der Waals surface area contributed by atoms with Gasteiger partial charge >= 0.3 is 0 Å². The van der Waals surface area contributed by atoms with Crippen LogP contribution in [0, 0.1) is 0 Å². The molecule has 574 valence electrons. The molecule has 38 heteroatoms. The van der Waals surface area contributed by atoms with Crippen molar-refractivity contribution in [1.29, 1.82) is 0 Å². The number of hydrogen-bond acceptors (Lipinski definition) is 34. The maximum absolute atomic E-state index is 14.0. The summed E-state index contributed by atoms with van der Waals surface area (Å²) < 4.78 is 168. The van der Waals surface area contributed by atoms with Crippen molar-refractivity contribution in [3.05, 3.63) is 23.8 Å². The summed E-state index contributed by atoms with van der Waals surface area (Å²) in [6.07, 6.45) is -20.9. The Morgan fingerprint density at radius 2 is 0.640 bits per heavy atom. The van der Waals surface area contributed by atoms with E-state index < -0.39 is 196 Å². The number of nitrogens with one attached hydrogen (secondary N) is 2. The summed E-state index contributed by atoms with van der Waals surface area (Å²) in [5.74, 6) is -1.16. The predicted octanol–water partition coefficient (Wildman–Crippen LogP) is -2.86. The zero-order valence-electron chi connectivity index (χ0n) is 60.4. The average Bonchev–Trinajstić information content (AvgIpc) is 1.02. The molecule has 0 radical (unpaired) electrons. The van der Waals surface area contributed by atoms with Crippen molar-refractivity contribution >= 4 is 11.8 Å². The van der Waals surface area contributed by atoms with Gasteiger partial charge in [0.25, 0.3) is 11.8 Å². The number of carbonyl (C=O) groups excluding carboxylic acids is 2. The maximum Gasteiger partial charge on any atom is 0.273 e. The van der Waals surface area contributed by atoms with Crippen LogP contribution in [0.5, 0.6) is 0 Å². The Balaban J connectivity index is 0.864. The number of aliphatic hydroxyl groups excluding tert-OH is 1. The molecule has 0 saturated carbocycles. The van der Waals surface area contributed by atoms with Gasteiger partial charge in [0.05, 0.1) is 82.8 Å². The molecule has 0 aromatic carbocycles. The number of ether oxygens (including phenoxy) is 27. The molecule has 6 saturated heterocycles. The lowest BCUT2D eigenvalue weighted by atomic mass is 9.93. The van der Waals surface area contributed by atoms with Crippen LogP contribution in [-0.2, 0) is 141 Å². The molecule has 0 spiro atoms. The number of aryl methyl sites for hydroxylation is 2. The van der Waals surface area contributed by atoms with E-state index in [0.29, 0.717) is 0 Å². The van der Waals surface area contributed by atoms with Crippen molar-refractivity contribution < 1.29 is 143 Å². The van der Waals surface area contributed by atoms with Gasteiger partial charge in [0.15, 0.2) is 42.8 Å². The lowest BCUT2D eigenvalue weighted by Crippen LogP contribution is -2.68. The molecule has 2 aromatic heterocycles. The van der Waals surface area contributed by atoms with Crippen LogP contribution in [0.3, 0.4) is 0 Å². The first-order valence-electron chi connectivity index (χ1n) is 32.8. The van der Waals surface area contributed by atoms with Gasteiger partial charge in [-0.1, -0.05) is 10.4 Å². The third-order valence-corrected chi connectivity index (χ3v) is 19.0. The van der Waals surface area contributed by atoms with Crippen molar-refractivity contribution in [3.63, 3.8) is 0 Å². The molecule has 3 N–H and O–H groups in total. The molecule has 30 atom stereocenters. The smallest absolute Gasteiger partial charge is 0.273 e. The molecule has 6 fully saturated rings. The van der Waals surface area contributed by atoms with Crippen LogP contribution in [0.2, 0.25) is 0 Å². The molecule has 30 unspecified atom stereocenters. The number of methoxy groups -OCH3 is 17. The van der Waals surface area contributed by atoms with E-state index in [1.54, 1.807) is 21.0 Å². The van der Waals surface area contributed by atoms with Gasteiger partial charge in [0, 0.05) is 121 Å². The highest BCUT2D eigenvalue weighted by Crippen LogP contribution is 2.39. The number of amides is 2. The lowest BCUT2D eigenvalue weighted by Gasteiger charge is -2.51. The monoisotopic (exact) mass is 1440 g/mol. The molecule has 0 aliphatic carbocycles. The molecular weight excluding hydrogens is 1340 g/mol. The second-order valence-corrected chi connectivity index (χ2v) is 24.5. The van der Waals surface area contributed by atoms with E-state index in [9.17, 15) is 14.7 Å². The van der Waals surface area contributed by atoms with Crippen LogP contribution >= 0.6 is 0 Å². The van der Waals surface area contributed by atoms with E-state index in [0.717, 1.165) is 0 Å².